The van der Waals surface area contributed by atoms with Crippen molar-refractivity contribution < 1.29 is 0 Å². The van der Waals surface area contributed by atoms with Crippen LogP contribution in [-0.2, 0) is 20.5 Å². The number of aromatic nitrogens is 4. The molecule has 7 heteroatoms. The third kappa shape index (κ3) is 2.29. The van der Waals surface area contributed by atoms with Gasteiger partial charge < -0.3 is 4.98 Å². The Hall–Kier alpha value is -2.54. The Balaban J connectivity index is 2.27. The van der Waals surface area contributed by atoms with Gasteiger partial charge in [-0.2, -0.15) is 0 Å². The molecule has 0 aliphatic heterocycles. The second-order valence-corrected chi connectivity index (χ2v) is 5.47. The van der Waals surface area contributed by atoms with Crippen LogP contribution in [0.5, 0.6) is 0 Å². The summed E-state index contributed by atoms with van der Waals surface area (Å²) in [5, 5.41) is 0.261. The van der Waals surface area contributed by atoms with E-state index in [9.17, 15) is 9.59 Å². The lowest BCUT2D eigenvalue weighted by molar-refractivity contribution is 0.703. The highest BCUT2D eigenvalue weighted by molar-refractivity contribution is 7.71. The van der Waals surface area contributed by atoms with Gasteiger partial charge in [-0.25, -0.2) is 9.78 Å². The molecular weight excluding hydrogens is 300 g/mol. The summed E-state index contributed by atoms with van der Waals surface area (Å²) in [5.41, 5.74) is 0.631. The fourth-order valence-corrected chi connectivity index (χ4v) is 2.69. The van der Waals surface area contributed by atoms with Crippen LogP contribution in [0.1, 0.15) is 11.4 Å². The zero-order valence-electron chi connectivity index (χ0n) is 12.2. The minimum absolute atomic E-state index is 0.205. The van der Waals surface area contributed by atoms with Crippen molar-refractivity contribution in [2.75, 3.05) is 0 Å². The Morgan fingerprint density at radius 3 is 2.50 bits per heavy atom. The summed E-state index contributed by atoms with van der Waals surface area (Å²) >= 11 is 5.25. The monoisotopic (exact) mass is 314 g/mol. The van der Waals surface area contributed by atoms with E-state index >= 15 is 0 Å². The van der Waals surface area contributed by atoms with E-state index in [1.54, 1.807) is 7.05 Å². The Kier molecular flexibility index (Phi) is 3.50. The van der Waals surface area contributed by atoms with Crippen molar-refractivity contribution in [2.45, 2.75) is 6.42 Å². The fraction of sp³-hybridized carbons (Fsp3) is 0.200. The molecule has 0 bridgehead atoms. The summed E-state index contributed by atoms with van der Waals surface area (Å²) in [7, 11) is 3.03. The number of aromatic amines is 1. The summed E-state index contributed by atoms with van der Waals surface area (Å²) < 4.78 is 2.61. The van der Waals surface area contributed by atoms with Gasteiger partial charge in [0.05, 0.1) is 0 Å². The second kappa shape index (κ2) is 5.34. The van der Waals surface area contributed by atoms with E-state index in [0.29, 0.717) is 17.9 Å². The Morgan fingerprint density at radius 2 is 1.82 bits per heavy atom. The molecule has 1 N–H and O–H groups in total. The summed E-state index contributed by atoms with van der Waals surface area (Å²) in [6.45, 7) is 0. The standard InChI is InChI=1S/C15H14N4O2S/c1-18-12-11(14(20)19(2)15(18)21)13(22)17-10(16-12)8-9-6-4-3-5-7-9/h3-7H,8H2,1-2H3,(H,16,17,22). The summed E-state index contributed by atoms with van der Waals surface area (Å²) in [5.74, 6) is 0.618. The maximum atomic E-state index is 12.2. The predicted octanol–water partition coefficient (Wildman–Crippen LogP) is 1.28. The van der Waals surface area contributed by atoms with Crippen LogP contribution in [0.4, 0.5) is 0 Å². The van der Waals surface area contributed by atoms with E-state index in [0.717, 1.165) is 10.1 Å². The average molecular weight is 314 g/mol. The van der Waals surface area contributed by atoms with Gasteiger partial charge in [0.1, 0.15) is 21.5 Å². The zero-order chi connectivity index (χ0) is 15.9. The van der Waals surface area contributed by atoms with E-state index < -0.39 is 11.2 Å². The fourth-order valence-electron chi connectivity index (χ4n) is 2.40. The summed E-state index contributed by atoms with van der Waals surface area (Å²) in [6, 6.07) is 9.78. The smallest absolute Gasteiger partial charge is 0.329 e. The van der Waals surface area contributed by atoms with Crippen LogP contribution >= 0.6 is 12.2 Å². The molecule has 0 radical (unpaired) electrons. The van der Waals surface area contributed by atoms with Crippen LogP contribution in [0.3, 0.4) is 0 Å². The molecule has 3 aromatic rings. The van der Waals surface area contributed by atoms with Crippen molar-refractivity contribution in [3.8, 4) is 0 Å². The number of fused-ring (bicyclic) bond motifs is 1. The van der Waals surface area contributed by atoms with Gasteiger partial charge in [-0.1, -0.05) is 42.5 Å². The first-order valence-corrected chi connectivity index (χ1v) is 7.12. The van der Waals surface area contributed by atoms with Gasteiger partial charge in [-0.15, -0.1) is 0 Å². The van der Waals surface area contributed by atoms with E-state index in [-0.39, 0.29) is 10.0 Å². The van der Waals surface area contributed by atoms with Gasteiger partial charge in [-0.05, 0) is 5.56 Å². The maximum Gasteiger partial charge on any atom is 0.332 e. The van der Waals surface area contributed by atoms with Gasteiger partial charge in [0, 0.05) is 20.5 Å². The molecular formula is C15H14N4O2S. The van der Waals surface area contributed by atoms with Crippen molar-refractivity contribution in [1.82, 2.24) is 19.1 Å². The second-order valence-electron chi connectivity index (χ2n) is 5.08. The van der Waals surface area contributed by atoms with Crippen molar-refractivity contribution in [3.05, 3.63) is 67.2 Å². The molecule has 1 aromatic carbocycles. The molecule has 0 atom stereocenters. The molecule has 0 aliphatic carbocycles. The van der Waals surface area contributed by atoms with Crippen LogP contribution in [0.25, 0.3) is 11.0 Å². The number of rotatable bonds is 2. The number of nitrogens with one attached hydrogen (secondary N) is 1. The third-order valence-corrected chi connectivity index (χ3v) is 3.89. The quantitative estimate of drug-likeness (QED) is 0.723. The molecule has 112 valence electrons. The molecule has 2 heterocycles. The van der Waals surface area contributed by atoms with Crippen molar-refractivity contribution >= 4 is 23.3 Å². The maximum absolute atomic E-state index is 12.2. The molecule has 0 saturated heterocycles. The molecule has 6 nitrogen and oxygen atoms in total. The molecule has 0 aliphatic rings. The lowest BCUT2D eigenvalue weighted by atomic mass is 10.1. The number of nitrogens with zero attached hydrogens (tertiary/aromatic N) is 3. The number of hydrogen-bond donors (Lipinski definition) is 1. The zero-order valence-corrected chi connectivity index (χ0v) is 13.0. The van der Waals surface area contributed by atoms with Crippen LogP contribution in [0.2, 0.25) is 0 Å². The van der Waals surface area contributed by atoms with Crippen molar-refractivity contribution in [1.29, 1.82) is 0 Å². The van der Waals surface area contributed by atoms with Crippen LogP contribution in [0, 0.1) is 4.64 Å². The molecule has 3 rings (SSSR count). The predicted molar refractivity (Wildman–Crippen MR) is 86.7 cm³/mol. The van der Waals surface area contributed by atoms with E-state index in [1.165, 1.54) is 11.6 Å². The van der Waals surface area contributed by atoms with Crippen molar-refractivity contribution in [3.63, 3.8) is 0 Å². The number of aryl methyl sites for hydroxylation is 1. The van der Waals surface area contributed by atoms with Crippen LogP contribution < -0.4 is 11.2 Å². The van der Waals surface area contributed by atoms with Gasteiger partial charge in [0.25, 0.3) is 5.56 Å². The minimum atomic E-state index is -0.432. The summed E-state index contributed by atoms with van der Waals surface area (Å²) in [4.78, 5) is 31.6. The number of H-pyrrole nitrogens is 1. The highest BCUT2D eigenvalue weighted by Crippen LogP contribution is 2.10. The molecule has 22 heavy (non-hydrogen) atoms. The van der Waals surface area contributed by atoms with Crippen molar-refractivity contribution in [2.24, 2.45) is 14.1 Å². The van der Waals surface area contributed by atoms with Crippen LogP contribution in [0.15, 0.2) is 39.9 Å². The molecule has 2 aromatic heterocycles. The molecule has 0 spiro atoms. The normalized spacial score (nSPS) is 11.0. The number of hydrogen-bond acceptors (Lipinski definition) is 4. The topological polar surface area (TPSA) is 72.7 Å². The first kappa shape index (κ1) is 14.4. The van der Waals surface area contributed by atoms with E-state index in [2.05, 4.69) is 9.97 Å². The lowest BCUT2D eigenvalue weighted by Crippen LogP contribution is -2.37. The average Bonchev–Trinajstić information content (AvgIpc) is 2.51. The highest BCUT2D eigenvalue weighted by Gasteiger charge is 2.12. The molecule has 0 unspecified atom stereocenters. The molecule has 0 saturated carbocycles. The van der Waals surface area contributed by atoms with Gasteiger partial charge in [0.2, 0.25) is 0 Å². The van der Waals surface area contributed by atoms with Gasteiger partial charge in [0.15, 0.2) is 0 Å². The highest BCUT2D eigenvalue weighted by atomic mass is 32.1. The Morgan fingerprint density at radius 1 is 1.14 bits per heavy atom. The SMILES string of the molecule is Cn1c(=O)c2c(=S)nc(Cc3ccccc3)[nH]c2n(C)c1=O. The third-order valence-electron chi connectivity index (χ3n) is 3.59. The summed E-state index contributed by atoms with van der Waals surface area (Å²) in [6.07, 6.45) is 0.545. The van der Waals surface area contributed by atoms with E-state index in [4.69, 9.17) is 12.2 Å². The largest absolute Gasteiger partial charge is 0.332 e. The van der Waals surface area contributed by atoms with Gasteiger partial charge in [-0.3, -0.25) is 13.9 Å². The molecule has 0 fully saturated rings. The van der Waals surface area contributed by atoms with Crippen LogP contribution in [-0.4, -0.2) is 19.1 Å². The van der Waals surface area contributed by atoms with E-state index in [1.807, 2.05) is 30.3 Å². The Labute approximate surface area is 130 Å². The minimum Gasteiger partial charge on any atom is -0.329 e. The Bertz CT molecular complexity index is 1030. The first-order valence-electron chi connectivity index (χ1n) is 6.72. The lowest BCUT2D eigenvalue weighted by Gasteiger charge is -2.09. The number of benzene rings is 1. The molecule has 0 amide bonds. The van der Waals surface area contributed by atoms with Gasteiger partial charge >= 0.3 is 5.69 Å². The first-order chi connectivity index (χ1) is 10.5.